The minimum absolute atomic E-state index is 0.101. The molecule has 3 N–H and O–H groups in total. The average molecular weight is 277 g/mol. The molecule has 1 fully saturated rings. The Morgan fingerprint density at radius 1 is 1.40 bits per heavy atom. The summed E-state index contributed by atoms with van der Waals surface area (Å²) in [4.78, 5) is 25.2. The highest BCUT2D eigenvalue weighted by molar-refractivity contribution is 6.00. The first kappa shape index (κ1) is 14.3. The predicted octanol–water partition coefficient (Wildman–Crippen LogP) is 1.52. The normalized spacial score (nSPS) is 18.8. The largest absolute Gasteiger partial charge is 0.478 e. The third-order valence-corrected chi connectivity index (χ3v) is 3.38. The van der Waals surface area contributed by atoms with Crippen molar-refractivity contribution < 1.29 is 14.7 Å². The smallest absolute Gasteiger partial charge is 0.337 e. The van der Waals surface area contributed by atoms with Gasteiger partial charge in [-0.2, -0.15) is 0 Å². The van der Waals surface area contributed by atoms with E-state index in [1.807, 2.05) is 14.0 Å². The minimum atomic E-state index is -1.05. The van der Waals surface area contributed by atoms with Gasteiger partial charge in [0.25, 0.3) is 0 Å². The van der Waals surface area contributed by atoms with Crippen molar-refractivity contribution in [3.8, 4) is 0 Å². The third kappa shape index (κ3) is 3.48. The number of nitrogens with zero attached hydrogens (tertiary/aromatic N) is 1. The third-order valence-electron chi connectivity index (χ3n) is 3.38. The van der Waals surface area contributed by atoms with Crippen molar-refractivity contribution in [2.75, 3.05) is 25.5 Å². The molecule has 1 saturated heterocycles. The van der Waals surface area contributed by atoms with Gasteiger partial charge < -0.3 is 20.6 Å². The number of carboxylic acids is 1. The number of carbonyl (C=O) groups excluding carboxylic acids is 1. The second kappa shape index (κ2) is 5.92. The quantitative estimate of drug-likeness (QED) is 0.782. The maximum Gasteiger partial charge on any atom is 0.337 e. The number of carbonyl (C=O) groups is 2. The van der Waals surface area contributed by atoms with Gasteiger partial charge >= 0.3 is 12.0 Å². The molecule has 1 heterocycles. The molecular weight excluding hydrogens is 258 g/mol. The molecule has 0 spiro atoms. The maximum absolute atomic E-state index is 11.9. The number of urea groups is 1. The van der Waals surface area contributed by atoms with Crippen molar-refractivity contribution in [3.05, 3.63) is 29.3 Å². The van der Waals surface area contributed by atoms with Crippen LogP contribution in [0.3, 0.4) is 0 Å². The summed E-state index contributed by atoms with van der Waals surface area (Å²) in [6.45, 7) is 3.58. The van der Waals surface area contributed by atoms with Gasteiger partial charge in [0.1, 0.15) is 0 Å². The van der Waals surface area contributed by atoms with Crippen molar-refractivity contribution in [2.45, 2.75) is 19.4 Å². The highest BCUT2D eigenvalue weighted by Crippen LogP contribution is 2.17. The summed E-state index contributed by atoms with van der Waals surface area (Å²) in [6.07, 6.45) is 0.906. The van der Waals surface area contributed by atoms with E-state index in [1.54, 1.807) is 18.2 Å². The molecule has 1 aliphatic heterocycles. The molecule has 0 radical (unpaired) electrons. The second-order valence-corrected chi connectivity index (χ2v) is 5.20. The zero-order valence-electron chi connectivity index (χ0n) is 11.6. The number of aromatic carboxylic acids is 1. The molecule has 108 valence electrons. The summed E-state index contributed by atoms with van der Waals surface area (Å²) in [5.41, 5.74) is 1.25. The molecular formula is C14H19N3O3. The summed E-state index contributed by atoms with van der Waals surface area (Å²) in [7, 11) is 2.00. The standard InChI is InChI=1S/C14H19N3O3/c1-9-3-4-12(11(7-9)13(18)19)16-14(20)15-10-5-6-17(2)8-10/h3-4,7,10H,5-6,8H2,1-2H3,(H,18,19)(H2,15,16,20). The van der Waals surface area contributed by atoms with Crippen molar-refractivity contribution in [1.29, 1.82) is 0 Å². The molecule has 2 amide bonds. The van der Waals surface area contributed by atoms with Crippen LogP contribution in [0.5, 0.6) is 0 Å². The Morgan fingerprint density at radius 2 is 2.15 bits per heavy atom. The Labute approximate surface area is 117 Å². The molecule has 0 aliphatic carbocycles. The van der Waals surface area contributed by atoms with E-state index in [2.05, 4.69) is 15.5 Å². The first-order valence-electron chi connectivity index (χ1n) is 6.55. The Morgan fingerprint density at radius 3 is 2.75 bits per heavy atom. The van der Waals surface area contributed by atoms with Gasteiger partial charge in [0.05, 0.1) is 11.3 Å². The van der Waals surface area contributed by atoms with E-state index >= 15 is 0 Å². The number of rotatable bonds is 3. The number of aryl methyl sites for hydroxylation is 1. The number of likely N-dealkylation sites (tertiary alicyclic amines) is 1. The van der Waals surface area contributed by atoms with E-state index in [0.717, 1.165) is 25.1 Å². The fourth-order valence-corrected chi connectivity index (χ4v) is 2.34. The van der Waals surface area contributed by atoms with Crippen LogP contribution in [0.2, 0.25) is 0 Å². The van der Waals surface area contributed by atoms with Crippen LogP contribution in [0.15, 0.2) is 18.2 Å². The van der Waals surface area contributed by atoms with Gasteiger partial charge in [-0.1, -0.05) is 11.6 Å². The van der Waals surface area contributed by atoms with Gasteiger partial charge in [-0.15, -0.1) is 0 Å². The highest BCUT2D eigenvalue weighted by Gasteiger charge is 2.21. The number of hydrogen-bond donors (Lipinski definition) is 3. The molecule has 20 heavy (non-hydrogen) atoms. The fourth-order valence-electron chi connectivity index (χ4n) is 2.34. The van der Waals surface area contributed by atoms with Gasteiger partial charge in [-0.05, 0) is 39.1 Å². The first-order valence-corrected chi connectivity index (χ1v) is 6.55. The van der Waals surface area contributed by atoms with Gasteiger partial charge in [0.2, 0.25) is 0 Å². The lowest BCUT2D eigenvalue weighted by molar-refractivity contribution is 0.0698. The molecule has 6 heteroatoms. The number of carboxylic acid groups (broad SMARTS) is 1. The highest BCUT2D eigenvalue weighted by atomic mass is 16.4. The summed E-state index contributed by atoms with van der Waals surface area (Å²) >= 11 is 0. The molecule has 1 aliphatic rings. The Bertz CT molecular complexity index is 530. The van der Waals surface area contributed by atoms with Crippen LogP contribution >= 0.6 is 0 Å². The summed E-state index contributed by atoms with van der Waals surface area (Å²) < 4.78 is 0. The van der Waals surface area contributed by atoms with Crippen molar-refractivity contribution in [1.82, 2.24) is 10.2 Å². The fraction of sp³-hybridized carbons (Fsp3) is 0.429. The van der Waals surface area contributed by atoms with Gasteiger partial charge in [-0.3, -0.25) is 0 Å². The molecule has 0 aromatic heterocycles. The van der Waals surface area contributed by atoms with E-state index in [4.69, 9.17) is 5.11 Å². The van der Waals surface area contributed by atoms with Crippen molar-refractivity contribution in [3.63, 3.8) is 0 Å². The average Bonchev–Trinajstić information content (AvgIpc) is 2.76. The maximum atomic E-state index is 11.9. The molecule has 1 aromatic rings. The number of nitrogens with one attached hydrogen (secondary N) is 2. The van der Waals surface area contributed by atoms with Crippen molar-refractivity contribution >= 4 is 17.7 Å². The lowest BCUT2D eigenvalue weighted by atomic mass is 10.1. The predicted molar refractivity (Wildman–Crippen MR) is 76.2 cm³/mol. The van der Waals surface area contributed by atoms with Gasteiger partial charge in [0.15, 0.2) is 0 Å². The topological polar surface area (TPSA) is 81.7 Å². The zero-order chi connectivity index (χ0) is 14.7. The molecule has 1 atom stereocenters. The Balaban J connectivity index is 2.02. The lowest BCUT2D eigenvalue weighted by Gasteiger charge is -2.15. The molecule has 6 nitrogen and oxygen atoms in total. The number of amides is 2. The first-order chi connectivity index (χ1) is 9.45. The molecule has 2 rings (SSSR count). The van der Waals surface area contributed by atoms with E-state index in [1.165, 1.54) is 0 Å². The van der Waals surface area contributed by atoms with Crippen LogP contribution < -0.4 is 10.6 Å². The molecule has 0 bridgehead atoms. The second-order valence-electron chi connectivity index (χ2n) is 5.20. The number of hydrogen-bond acceptors (Lipinski definition) is 3. The van der Waals surface area contributed by atoms with Crippen LogP contribution in [0.25, 0.3) is 0 Å². The minimum Gasteiger partial charge on any atom is -0.478 e. The van der Waals surface area contributed by atoms with Crippen LogP contribution in [-0.2, 0) is 0 Å². The van der Waals surface area contributed by atoms with Gasteiger partial charge in [0, 0.05) is 12.6 Å². The van der Waals surface area contributed by atoms with Crippen LogP contribution in [0.4, 0.5) is 10.5 Å². The Hall–Kier alpha value is -2.08. The molecule has 1 unspecified atom stereocenters. The van der Waals surface area contributed by atoms with Crippen LogP contribution in [-0.4, -0.2) is 48.2 Å². The lowest BCUT2D eigenvalue weighted by Crippen LogP contribution is -2.39. The zero-order valence-corrected chi connectivity index (χ0v) is 11.6. The summed E-state index contributed by atoms with van der Waals surface area (Å²) in [6, 6.07) is 4.67. The van der Waals surface area contributed by atoms with Crippen molar-refractivity contribution in [2.24, 2.45) is 0 Å². The van der Waals surface area contributed by atoms with E-state index in [-0.39, 0.29) is 17.6 Å². The summed E-state index contributed by atoms with van der Waals surface area (Å²) in [5, 5.41) is 14.6. The SMILES string of the molecule is Cc1ccc(NC(=O)NC2CCN(C)C2)c(C(=O)O)c1. The number of likely N-dealkylation sites (N-methyl/N-ethyl adjacent to an activating group) is 1. The van der Waals surface area contributed by atoms with Gasteiger partial charge in [-0.25, -0.2) is 9.59 Å². The Kier molecular flexibility index (Phi) is 4.24. The number of benzene rings is 1. The van der Waals surface area contributed by atoms with E-state index < -0.39 is 5.97 Å². The van der Waals surface area contributed by atoms with E-state index in [0.29, 0.717) is 5.69 Å². The molecule has 1 aromatic carbocycles. The number of anilines is 1. The molecule has 0 saturated carbocycles. The van der Waals surface area contributed by atoms with Crippen LogP contribution in [0.1, 0.15) is 22.3 Å². The summed E-state index contributed by atoms with van der Waals surface area (Å²) in [5.74, 6) is -1.05. The van der Waals surface area contributed by atoms with Crippen LogP contribution in [0, 0.1) is 6.92 Å². The van der Waals surface area contributed by atoms with E-state index in [9.17, 15) is 9.59 Å². The monoisotopic (exact) mass is 277 g/mol.